The van der Waals surface area contributed by atoms with E-state index in [1.807, 2.05) is 24.3 Å². The minimum absolute atomic E-state index is 0.134. The molecule has 5 heteroatoms. The molecule has 1 aromatic heterocycles. The predicted molar refractivity (Wildman–Crippen MR) is 76.5 cm³/mol. The zero-order valence-electron chi connectivity index (χ0n) is 9.02. The van der Waals surface area contributed by atoms with Crippen LogP contribution in [0.5, 0.6) is 5.75 Å². The summed E-state index contributed by atoms with van der Waals surface area (Å²) in [4.78, 5) is 4.35. The monoisotopic (exact) mass is 367 g/mol. The van der Waals surface area contributed by atoms with E-state index in [1.54, 1.807) is 12.1 Å². The Hall–Kier alpha value is -1.33. The van der Waals surface area contributed by atoms with E-state index in [4.69, 9.17) is 4.42 Å². The number of aromatic hydroxyl groups is 1. The van der Waals surface area contributed by atoms with Gasteiger partial charge < -0.3 is 9.52 Å². The summed E-state index contributed by atoms with van der Waals surface area (Å²) in [7, 11) is 0. The molecule has 0 aliphatic rings. The van der Waals surface area contributed by atoms with Gasteiger partial charge in [-0.2, -0.15) is 0 Å². The van der Waals surface area contributed by atoms with E-state index in [-0.39, 0.29) is 5.75 Å². The van der Waals surface area contributed by atoms with Gasteiger partial charge in [0.15, 0.2) is 5.58 Å². The lowest BCUT2D eigenvalue weighted by molar-refractivity contribution is 0.473. The Kier molecular flexibility index (Phi) is 2.87. The molecule has 3 rings (SSSR count). The van der Waals surface area contributed by atoms with Crippen molar-refractivity contribution < 1.29 is 9.52 Å². The number of oxazole rings is 1. The summed E-state index contributed by atoms with van der Waals surface area (Å²) in [5.74, 6) is 0.545. The summed E-state index contributed by atoms with van der Waals surface area (Å²) in [6.45, 7) is 0. The first-order valence-corrected chi connectivity index (χ1v) is 6.77. The van der Waals surface area contributed by atoms with Crippen molar-refractivity contribution in [1.82, 2.24) is 4.98 Å². The smallest absolute Gasteiger partial charge is 0.231 e. The second kappa shape index (κ2) is 4.40. The molecule has 2 aromatic carbocycles. The molecule has 0 atom stereocenters. The van der Waals surface area contributed by atoms with Gasteiger partial charge in [0.1, 0.15) is 11.3 Å². The summed E-state index contributed by atoms with van der Waals surface area (Å²) in [6.07, 6.45) is 0. The molecule has 0 fully saturated rings. The van der Waals surface area contributed by atoms with E-state index in [2.05, 4.69) is 36.8 Å². The first-order chi connectivity index (χ1) is 8.63. The SMILES string of the molecule is Oc1cc(Br)ccc1-c1nc2ccc(Br)cc2o1. The Balaban J connectivity index is 2.19. The fourth-order valence-corrected chi connectivity index (χ4v) is 2.39. The molecule has 1 heterocycles. The Labute approximate surface area is 120 Å². The van der Waals surface area contributed by atoms with Crippen molar-refractivity contribution in [2.45, 2.75) is 0 Å². The van der Waals surface area contributed by atoms with Crippen LogP contribution in [0.15, 0.2) is 49.8 Å². The molecular formula is C13H7Br2NO2. The summed E-state index contributed by atoms with van der Waals surface area (Å²) in [5.41, 5.74) is 2.02. The van der Waals surface area contributed by atoms with Crippen molar-refractivity contribution in [3.05, 3.63) is 45.3 Å². The number of hydrogen-bond donors (Lipinski definition) is 1. The van der Waals surface area contributed by atoms with Gasteiger partial charge in [0, 0.05) is 8.95 Å². The molecule has 0 aliphatic carbocycles. The lowest BCUT2D eigenvalue weighted by Gasteiger charge is -1.99. The molecule has 3 aromatic rings. The lowest BCUT2D eigenvalue weighted by atomic mass is 10.2. The van der Waals surface area contributed by atoms with Gasteiger partial charge in [-0.1, -0.05) is 31.9 Å². The molecule has 1 N–H and O–H groups in total. The molecule has 90 valence electrons. The van der Waals surface area contributed by atoms with Gasteiger partial charge in [-0.3, -0.25) is 0 Å². The van der Waals surface area contributed by atoms with E-state index in [0.717, 1.165) is 14.5 Å². The van der Waals surface area contributed by atoms with Crippen LogP contribution < -0.4 is 0 Å². The van der Waals surface area contributed by atoms with Crippen LogP contribution in [0.25, 0.3) is 22.6 Å². The van der Waals surface area contributed by atoms with Crippen molar-refractivity contribution in [3.8, 4) is 17.2 Å². The van der Waals surface area contributed by atoms with Gasteiger partial charge in [-0.25, -0.2) is 4.98 Å². The Bertz CT molecular complexity index is 737. The van der Waals surface area contributed by atoms with Gasteiger partial charge in [-0.05, 0) is 36.4 Å². The number of halogens is 2. The van der Waals surface area contributed by atoms with Crippen LogP contribution in [0.1, 0.15) is 0 Å². The van der Waals surface area contributed by atoms with E-state index in [9.17, 15) is 5.11 Å². The topological polar surface area (TPSA) is 46.3 Å². The van der Waals surface area contributed by atoms with Crippen molar-refractivity contribution in [2.75, 3.05) is 0 Å². The predicted octanol–water partition coefficient (Wildman–Crippen LogP) is 4.73. The average Bonchev–Trinajstić information content (AvgIpc) is 2.71. The van der Waals surface area contributed by atoms with Crippen LogP contribution in [-0.4, -0.2) is 10.1 Å². The first-order valence-electron chi connectivity index (χ1n) is 5.18. The quantitative estimate of drug-likeness (QED) is 0.675. The lowest BCUT2D eigenvalue weighted by Crippen LogP contribution is -1.78. The van der Waals surface area contributed by atoms with E-state index >= 15 is 0 Å². The maximum Gasteiger partial charge on any atom is 0.231 e. The number of phenolic OH excluding ortho intramolecular Hbond substituents is 1. The highest BCUT2D eigenvalue weighted by atomic mass is 79.9. The van der Waals surface area contributed by atoms with Crippen LogP contribution >= 0.6 is 31.9 Å². The molecular weight excluding hydrogens is 362 g/mol. The summed E-state index contributed by atoms with van der Waals surface area (Å²) >= 11 is 6.67. The molecule has 0 aliphatic heterocycles. The Morgan fingerprint density at radius 1 is 1.00 bits per heavy atom. The highest BCUT2D eigenvalue weighted by Gasteiger charge is 2.12. The minimum Gasteiger partial charge on any atom is -0.507 e. The molecule has 0 saturated carbocycles. The van der Waals surface area contributed by atoms with Crippen molar-refractivity contribution in [3.63, 3.8) is 0 Å². The number of benzene rings is 2. The highest BCUT2D eigenvalue weighted by molar-refractivity contribution is 9.10. The third-order valence-corrected chi connectivity index (χ3v) is 3.53. The van der Waals surface area contributed by atoms with Gasteiger partial charge in [0.2, 0.25) is 5.89 Å². The number of hydrogen-bond acceptors (Lipinski definition) is 3. The summed E-state index contributed by atoms with van der Waals surface area (Å²) in [6, 6.07) is 10.8. The number of rotatable bonds is 1. The standard InChI is InChI=1S/C13H7Br2NO2/c14-7-1-3-9(11(17)5-7)13-16-10-4-2-8(15)6-12(10)18-13/h1-6,17H. The number of nitrogens with zero attached hydrogens (tertiary/aromatic N) is 1. The Morgan fingerprint density at radius 3 is 2.50 bits per heavy atom. The average molecular weight is 369 g/mol. The van der Waals surface area contributed by atoms with Gasteiger partial charge >= 0.3 is 0 Å². The zero-order chi connectivity index (χ0) is 12.7. The van der Waals surface area contributed by atoms with E-state index < -0.39 is 0 Å². The van der Waals surface area contributed by atoms with Crippen LogP contribution in [0.2, 0.25) is 0 Å². The molecule has 0 unspecified atom stereocenters. The second-order valence-electron chi connectivity index (χ2n) is 3.79. The molecule has 0 saturated heterocycles. The van der Waals surface area contributed by atoms with Crippen LogP contribution in [0, 0.1) is 0 Å². The third kappa shape index (κ3) is 2.04. The minimum atomic E-state index is 0.134. The molecule has 3 nitrogen and oxygen atoms in total. The van der Waals surface area contributed by atoms with Crippen LogP contribution in [-0.2, 0) is 0 Å². The van der Waals surface area contributed by atoms with Gasteiger partial charge in [-0.15, -0.1) is 0 Å². The normalized spacial score (nSPS) is 11.0. The van der Waals surface area contributed by atoms with Crippen LogP contribution in [0.4, 0.5) is 0 Å². The maximum absolute atomic E-state index is 9.89. The molecule has 0 bridgehead atoms. The molecule has 18 heavy (non-hydrogen) atoms. The molecule has 0 spiro atoms. The van der Waals surface area contributed by atoms with Gasteiger partial charge in [0.25, 0.3) is 0 Å². The first kappa shape index (κ1) is 11.7. The van der Waals surface area contributed by atoms with Crippen molar-refractivity contribution in [1.29, 1.82) is 0 Å². The third-order valence-electron chi connectivity index (χ3n) is 2.54. The fourth-order valence-electron chi connectivity index (χ4n) is 1.70. The number of phenols is 1. The largest absolute Gasteiger partial charge is 0.507 e. The fraction of sp³-hybridized carbons (Fsp3) is 0. The zero-order valence-corrected chi connectivity index (χ0v) is 12.2. The van der Waals surface area contributed by atoms with Crippen molar-refractivity contribution >= 4 is 43.0 Å². The second-order valence-corrected chi connectivity index (χ2v) is 5.62. The molecule has 0 radical (unpaired) electrons. The maximum atomic E-state index is 9.89. The highest BCUT2D eigenvalue weighted by Crippen LogP contribution is 2.33. The number of aromatic nitrogens is 1. The summed E-state index contributed by atoms with van der Waals surface area (Å²) < 4.78 is 7.38. The summed E-state index contributed by atoms with van der Waals surface area (Å²) in [5, 5.41) is 9.89. The van der Waals surface area contributed by atoms with Crippen molar-refractivity contribution in [2.24, 2.45) is 0 Å². The number of fused-ring (bicyclic) bond motifs is 1. The van der Waals surface area contributed by atoms with E-state index in [1.165, 1.54) is 0 Å². The molecule has 0 amide bonds. The van der Waals surface area contributed by atoms with Gasteiger partial charge in [0.05, 0.1) is 5.56 Å². The van der Waals surface area contributed by atoms with E-state index in [0.29, 0.717) is 17.0 Å². The van der Waals surface area contributed by atoms with Crippen LogP contribution in [0.3, 0.4) is 0 Å². The Morgan fingerprint density at radius 2 is 1.72 bits per heavy atom.